The Hall–Kier alpha value is -3.67. The van der Waals surface area contributed by atoms with E-state index in [1.54, 1.807) is 28.8 Å². The summed E-state index contributed by atoms with van der Waals surface area (Å²) in [6.07, 6.45) is 7.13. The first-order valence-corrected chi connectivity index (χ1v) is 9.91. The van der Waals surface area contributed by atoms with E-state index < -0.39 is 5.97 Å². The fraction of sp³-hybridized carbons (Fsp3) is 0.208. The number of allylic oxidation sites excluding steroid dienone is 2. The second kappa shape index (κ2) is 9.69. The molecule has 0 atom stereocenters. The van der Waals surface area contributed by atoms with Crippen LogP contribution in [0, 0.1) is 0 Å². The molecule has 0 aliphatic rings. The molecule has 6 nitrogen and oxygen atoms in total. The van der Waals surface area contributed by atoms with Crippen molar-refractivity contribution in [2.45, 2.75) is 32.9 Å². The average molecular weight is 403 g/mol. The van der Waals surface area contributed by atoms with Gasteiger partial charge in [0.25, 0.3) is 0 Å². The van der Waals surface area contributed by atoms with Gasteiger partial charge in [-0.1, -0.05) is 61.5 Å². The molecule has 0 saturated carbocycles. The molecule has 1 aromatic heterocycles. The monoisotopic (exact) mass is 403 g/mol. The molecule has 3 aromatic rings. The predicted octanol–water partition coefficient (Wildman–Crippen LogP) is 4.46. The number of aromatic nitrogens is 3. The van der Waals surface area contributed by atoms with Crippen molar-refractivity contribution in [3.05, 3.63) is 94.7 Å². The maximum absolute atomic E-state index is 12.8. The first-order chi connectivity index (χ1) is 14.5. The summed E-state index contributed by atoms with van der Waals surface area (Å²) in [7, 11) is 0. The second-order valence-electron chi connectivity index (χ2n) is 6.89. The number of rotatable bonds is 9. The minimum atomic E-state index is -0.958. The van der Waals surface area contributed by atoms with Crippen LogP contribution in [0.1, 0.15) is 41.5 Å². The van der Waals surface area contributed by atoms with Gasteiger partial charge in [-0.05, 0) is 41.7 Å². The lowest BCUT2D eigenvalue weighted by atomic mass is 9.99. The van der Waals surface area contributed by atoms with Gasteiger partial charge in [-0.25, -0.2) is 14.3 Å². The van der Waals surface area contributed by atoms with E-state index in [1.807, 2.05) is 49.4 Å². The molecule has 0 aliphatic heterocycles. The van der Waals surface area contributed by atoms with Crippen LogP contribution in [-0.2, 0) is 13.1 Å². The molecule has 154 valence electrons. The number of hydrogen-bond donors (Lipinski definition) is 1. The van der Waals surface area contributed by atoms with Gasteiger partial charge in [-0.3, -0.25) is 4.57 Å². The third-order valence-electron chi connectivity index (χ3n) is 4.76. The number of carboxylic acid groups (broad SMARTS) is 1. The average Bonchev–Trinajstić information content (AvgIpc) is 3.05. The minimum absolute atomic E-state index is 0.159. The fourth-order valence-electron chi connectivity index (χ4n) is 3.21. The smallest absolute Gasteiger partial charge is 0.346 e. The van der Waals surface area contributed by atoms with E-state index in [-0.39, 0.29) is 11.3 Å². The topological polar surface area (TPSA) is 77.1 Å². The molecule has 6 heteroatoms. The van der Waals surface area contributed by atoms with Crippen LogP contribution in [0.3, 0.4) is 0 Å². The molecule has 1 N–H and O–H groups in total. The van der Waals surface area contributed by atoms with Crippen molar-refractivity contribution in [2.24, 2.45) is 0 Å². The Morgan fingerprint density at radius 3 is 2.57 bits per heavy atom. The zero-order valence-electron chi connectivity index (χ0n) is 17.0. The van der Waals surface area contributed by atoms with E-state index in [4.69, 9.17) is 0 Å². The van der Waals surface area contributed by atoms with Crippen LogP contribution in [-0.4, -0.2) is 25.4 Å². The quantitative estimate of drug-likeness (QED) is 0.535. The van der Waals surface area contributed by atoms with Crippen LogP contribution >= 0.6 is 0 Å². The summed E-state index contributed by atoms with van der Waals surface area (Å²) in [6, 6.07) is 14.5. The summed E-state index contributed by atoms with van der Waals surface area (Å²) in [5, 5.41) is 13.9. The van der Waals surface area contributed by atoms with Crippen LogP contribution in [0.25, 0.3) is 17.2 Å². The molecule has 3 rings (SSSR count). The first kappa shape index (κ1) is 21.0. The summed E-state index contributed by atoms with van der Waals surface area (Å²) in [5.74, 6) is -0.341. The van der Waals surface area contributed by atoms with Crippen molar-refractivity contribution in [3.63, 3.8) is 0 Å². The molecule has 0 saturated heterocycles. The van der Waals surface area contributed by atoms with Crippen molar-refractivity contribution in [2.75, 3.05) is 0 Å². The maximum atomic E-state index is 12.8. The molecular formula is C24H25N3O3. The predicted molar refractivity (Wildman–Crippen MR) is 119 cm³/mol. The van der Waals surface area contributed by atoms with Crippen molar-refractivity contribution in [1.82, 2.24) is 14.3 Å². The normalized spacial score (nSPS) is 11.1. The van der Waals surface area contributed by atoms with Crippen LogP contribution in [0.2, 0.25) is 0 Å². The molecule has 0 aliphatic carbocycles. The van der Waals surface area contributed by atoms with E-state index in [0.717, 1.165) is 17.5 Å². The van der Waals surface area contributed by atoms with Gasteiger partial charge >= 0.3 is 11.7 Å². The molecule has 0 spiro atoms. The standard InChI is InChI=1S/C24H25N3O3/c1-3-5-11-22-25-27(16-6-4-2)24(30)26(22)17-18-12-14-19(15-13-18)20-9-7-8-10-21(20)23(28)29/h4-5,7-15H,2-3,6,16-17H2,1H3,(H,28,29). The number of aryl methyl sites for hydroxylation is 1. The van der Waals surface area contributed by atoms with Gasteiger partial charge in [-0.15, -0.1) is 6.58 Å². The summed E-state index contributed by atoms with van der Waals surface area (Å²) < 4.78 is 3.12. The second-order valence-corrected chi connectivity index (χ2v) is 6.89. The highest BCUT2D eigenvalue weighted by molar-refractivity contribution is 5.95. The summed E-state index contributed by atoms with van der Waals surface area (Å²) in [6.45, 7) is 6.61. The largest absolute Gasteiger partial charge is 0.478 e. The molecule has 0 bridgehead atoms. The Bertz CT molecular complexity index is 1120. The SMILES string of the molecule is C=CCCn1nc(C=CCC)n(Cc2ccc(-c3ccccc3C(=O)O)cc2)c1=O. The minimum Gasteiger partial charge on any atom is -0.478 e. The molecule has 1 heterocycles. The van der Waals surface area contributed by atoms with E-state index >= 15 is 0 Å². The van der Waals surface area contributed by atoms with Crippen molar-refractivity contribution >= 4 is 12.0 Å². The van der Waals surface area contributed by atoms with E-state index in [1.165, 1.54) is 4.68 Å². The number of hydrogen-bond acceptors (Lipinski definition) is 3. The van der Waals surface area contributed by atoms with Crippen molar-refractivity contribution < 1.29 is 9.90 Å². The first-order valence-electron chi connectivity index (χ1n) is 9.91. The van der Waals surface area contributed by atoms with Crippen LogP contribution < -0.4 is 5.69 Å². The lowest BCUT2D eigenvalue weighted by Crippen LogP contribution is -2.25. The highest BCUT2D eigenvalue weighted by Gasteiger charge is 2.13. The highest BCUT2D eigenvalue weighted by Crippen LogP contribution is 2.24. The number of carbonyl (C=O) groups is 1. The lowest BCUT2D eigenvalue weighted by molar-refractivity contribution is 0.0697. The molecule has 0 fully saturated rings. The maximum Gasteiger partial charge on any atom is 0.346 e. The molecule has 2 aromatic carbocycles. The third-order valence-corrected chi connectivity index (χ3v) is 4.76. The van der Waals surface area contributed by atoms with Gasteiger partial charge in [0.2, 0.25) is 0 Å². The molecule has 0 radical (unpaired) electrons. The van der Waals surface area contributed by atoms with Crippen LogP contribution in [0.15, 0.2) is 72.1 Å². The number of aromatic carboxylic acids is 1. The van der Waals surface area contributed by atoms with Crippen LogP contribution in [0.5, 0.6) is 0 Å². The Balaban J connectivity index is 1.91. The van der Waals surface area contributed by atoms with Crippen molar-refractivity contribution in [3.8, 4) is 11.1 Å². The third kappa shape index (κ3) is 4.66. The van der Waals surface area contributed by atoms with E-state index in [9.17, 15) is 14.7 Å². The van der Waals surface area contributed by atoms with Crippen LogP contribution in [0.4, 0.5) is 0 Å². The van der Waals surface area contributed by atoms with Gasteiger partial charge in [0.1, 0.15) is 0 Å². The number of nitrogens with zero attached hydrogens (tertiary/aromatic N) is 3. The summed E-state index contributed by atoms with van der Waals surface area (Å²) in [5.41, 5.74) is 2.52. The summed E-state index contributed by atoms with van der Waals surface area (Å²) >= 11 is 0. The summed E-state index contributed by atoms with van der Waals surface area (Å²) in [4.78, 5) is 24.3. The number of carboxylic acids is 1. The molecule has 0 unspecified atom stereocenters. The van der Waals surface area contributed by atoms with Gasteiger partial charge in [0.15, 0.2) is 5.82 Å². The van der Waals surface area contributed by atoms with Gasteiger partial charge in [0.05, 0.1) is 12.1 Å². The zero-order valence-corrected chi connectivity index (χ0v) is 17.0. The Kier molecular flexibility index (Phi) is 6.80. The van der Waals surface area contributed by atoms with Crippen molar-refractivity contribution in [1.29, 1.82) is 0 Å². The molecule has 30 heavy (non-hydrogen) atoms. The molecular weight excluding hydrogens is 378 g/mol. The Morgan fingerprint density at radius 1 is 1.17 bits per heavy atom. The Morgan fingerprint density at radius 2 is 1.90 bits per heavy atom. The zero-order chi connectivity index (χ0) is 21.5. The van der Waals surface area contributed by atoms with E-state index in [0.29, 0.717) is 30.9 Å². The Labute approximate surface area is 175 Å². The van der Waals surface area contributed by atoms with Gasteiger partial charge in [-0.2, -0.15) is 5.10 Å². The molecule has 0 amide bonds. The fourth-order valence-corrected chi connectivity index (χ4v) is 3.21. The van der Waals surface area contributed by atoms with E-state index in [2.05, 4.69) is 11.7 Å². The highest BCUT2D eigenvalue weighted by atomic mass is 16.4. The lowest BCUT2D eigenvalue weighted by Gasteiger charge is -2.08. The van der Waals surface area contributed by atoms with Gasteiger partial charge in [0, 0.05) is 6.54 Å². The van der Waals surface area contributed by atoms with Gasteiger partial charge < -0.3 is 5.11 Å². The number of benzene rings is 2.